The Bertz CT molecular complexity index is 429. The van der Waals surface area contributed by atoms with Gasteiger partial charge in [0.1, 0.15) is 0 Å². The molecule has 0 aliphatic carbocycles. The van der Waals surface area contributed by atoms with E-state index in [4.69, 9.17) is 0 Å². The van der Waals surface area contributed by atoms with Gasteiger partial charge in [-0.25, -0.2) is 8.42 Å². The summed E-state index contributed by atoms with van der Waals surface area (Å²) in [5.41, 5.74) is 0. The standard InChI is InChI=1S/C23H48O4S.K/c1-3-5-7-10-14-18-22(24)19-15-12-9-13-17-21-23(28(25,26)27)20-16-11-8-6-4-2;/h22-24H,3-21H2,1-2H3,(H,25,26,27);/q;+1/p-1. The van der Waals surface area contributed by atoms with Gasteiger partial charge in [-0.05, 0) is 25.7 Å². The van der Waals surface area contributed by atoms with Gasteiger partial charge in [0, 0.05) is 5.25 Å². The van der Waals surface area contributed by atoms with Crippen molar-refractivity contribution >= 4 is 10.1 Å². The first-order chi connectivity index (χ1) is 13.4. The van der Waals surface area contributed by atoms with Crippen LogP contribution < -0.4 is 51.4 Å². The van der Waals surface area contributed by atoms with Crippen LogP contribution in [0, 0.1) is 0 Å². The van der Waals surface area contributed by atoms with E-state index in [1.165, 1.54) is 38.5 Å². The molecule has 0 heterocycles. The molecule has 0 spiro atoms. The van der Waals surface area contributed by atoms with Gasteiger partial charge in [0.05, 0.1) is 16.2 Å². The van der Waals surface area contributed by atoms with Gasteiger partial charge >= 0.3 is 51.4 Å². The zero-order chi connectivity index (χ0) is 21.1. The smallest absolute Gasteiger partial charge is 0.748 e. The Labute approximate surface area is 224 Å². The van der Waals surface area contributed by atoms with Gasteiger partial charge in [0.2, 0.25) is 0 Å². The van der Waals surface area contributed by atoms with Crippen LogP contribution in [0.2, 0.25) is 0 Å². The molecule has 0 radical (unpaired) electrons. The van der Waals surface area contributed by atoms with E-state index in [2.05, 4.69) is 13.8 Å². The zero-order valence-corrected chi connectivity index (χ0v) is 23.6. The Kier molecular flexibility index (Phi) is 25.6. The Morgan fingerprint density at radius 1 is 0.621 bits per heavy atom. The summed E-state index contributed by atoms with van der Waals surface area (Å²) in [4.78, 5) is 0. The zero-order valence-electron chi connectivity index (χ0n) is 19.7. The van der Waals surface area contributed by atoms with E-state index in [0.29, 0.717) is 12.8 Å². The SMILES string of the molecule is CCCCCCCC(O)CCCCCCCC(CCCCCCC)S(=O)(=O)[O-].[K+]. The Hall–Kier alpha value is 1.51. The molecule has 0 fully saturated rings. The van der Waals surface area contributed by atoms with Crippen LogP contribution in [0.25, 0.3) is 0 Å². The summed E-state index contributed by atoms with van der Waals surface area (Å²) in [6, 6.07) is 0. The molecule has 0 aliphatic heterocycles. The molecule has 0 saturated carbocycles. The molecule has 4 nitrogen and oxygen atoms in total. The third kappa shape index (κ3) is 22.5. The van der Waals surface area contributed by atoms with E-state index in [1.807, 2.05) is 0 Å². The molecule has 2 atom stereocenters. The quantitative estimate of drug-likeness (QED) is 0.162. The van der Waals surface area contributed by atoms with Crippen LogP contribution >= 0.6 is 0 Å². The van der Waals surface area contributed by atoms with Gasteiger partial charge in [-0.2, -0.15) is 0 Å². The summed E-state index contributed by atoms with van der Waals surface area (Å²) in [6.07, 6.45) is 19.2. The minimum atomic E-state index is -4.16. The maximum atomic E-state index is 11.5. The molecule has 0 aliphatic rings. The first-order valence-electron chi connectivity index (χ1n) is 12.0. The molecular weight excluding hydrogens is 411 g/mol. The summed E-state index contributed by atoms with van der Waals surface area (Å²) in [5, 5.41) is 9.31. The topological polar surface area (TPSA) is 77.4 Å². The van der Waals surface area contributed by atoms with Gasteiger partial charge in [0.15, 0.2) is 0 Å². The van der Waals surface area contributed by atoms with Crippen molar-refractivity contribution in [2.45, 2.75) is 147 Å². The third-order valence-electron chi connectivity index (χ3n) is 5.74. The van der Waals surface area contributed by atoms with Gasteiger partial charge in [0.25, 0.3) is 0 Å². The maximum absolute atomic E-state index is 11.5. The summed E-state index contributed by atoms with van der Waals surface area (Å²) < 4.78 is 34.4. The van der Waals surface area contributed by atoms with Crippen LogP contribution in [-0.2, 0) is 10.1 Å². The fourth-order valence-electron chi connectivity index (χ4n) is 3.82. The largest absolute Gasteiger partial charge is 1.00 e. The minimum absolute atomic E-state index is 0. The third-order valence-corrected chi connectivity index (χ3v) is 7.03. The second kappa shape index (κ2) is 22.7. The van der Waals surface area contributed by atoms with E-state index in [9.17, 15) is 18.1 Å². The molecule has 29 heavy (non-hydrogen) atoms. The van der Waals surface area contributed by atoms with Crippen molar-refractivity contribution in [1.82, 2.24) is 0 Å². The number of hydrogen-bond donors (Lipinski definition) is 1. The Morgan fingerprint density at radius 2 is 0.931 bits per heavy atom. The molecule has 1 N–H and O–H groups in total. The fourth-order valence-corrected chi connectivity index (χ4v) is 4.73. The predicted molar refractivity (Wildman–Crippen MR) is 119 cm³/mol. The van der Waals surface area contributed by atoms with Crippen molar-refractivity contribution in [1.29, 1.82) is 0 Å². The van der Waals surface area contributed by atoms with Gasteiger partial charge in [-0.15, -0.1) is 0 Å². The number of aliphatic hydroxyl groups is 1. The van der Waals surface area contributed by atoms with Crippen molar-refractivity contribution in [3.8, 4) is 0 Å². The normalized spacial score (nSPS) is 13.8. The molecule has 170 valence electrons. The van der Waals surface area contributed by atoms with E-state index in [1.54, 1.807) is 0 Å². The van der Waals surface area contributed by atoms with Gasteiger partial charge in [-0.1, -0.05) is 110 Å². The number of hydrogen-bond acceptors (Lipinski definition) is 4. The number of unbranched alkanes of at least 4 members (excludes halogenated alkanes) is 12. The van der Waals surface area contributed by atoms with Crippen molar-refractivity contribution in [2.75, 3.05) is 0 Å². The van der Waals surface area contributed by atoms with Crippen LogP contribution in [-0.4, -0.2) is 29.4 Å². The molecule has 0 amide bonds. The molecule has 0 bridgehead atoms. The Morgan fingerprint density at radius 3 is 1.28 bits per heavy atom. The number of aliphatic hydroxyl groups excluding tert-OH is 1. The molecule has 0 aromatic heterocycles. The molecule has 0 saturated heterocycles. The van der Waals surface area contributed by atoms with Crippen molar-refractivity contribution in [3.63, 3.8) is 0 Å². The first kappa shape index (κ1) is 32.7. The van der Waals surface area contributed by atoms with Crippen LogP contribution in [0.15, 0.2) is 0 Å². The molecule has 0 aromatic rings. The van der Waals surface area contributed by atoms with Crippen LogP contribution in [0.5, 0.6) is 0 Å². The molecule has 2 unspecified atom stereocenters. The molecular formula is C23H47KO4S. The average molecular weight is 459 g/mol. The predicted octanol–water partition coefficient (Wildman–Crippen LogP) is 3.72. The molecule has 0 aromatic carbocycles. The monoisotopic (exact) mass is 458 g/mol. The van der Waals surface area contributed by atoms with Crippen LogP contribution in [0.4, 0.5) is 0 Å². The molecule has 6 heteroatoms. The van der Waals surface area contributed by atoms with Gasteiger partial charge in [-0.3, -0.25) is 0 Å². The fraction of sp³-hybridized carbons (Fsp3) is 1.00. The second-order valence-electron chi connectivity index (χ2n) is 8.52. The summed E-state index contributed by atoms with van der Waals surface area (Å²) in [5.74, 6) is 0. The van der Waals surface area contributed by atoms with E-state index in [0.717, 1.165) is 70.6 Å². The van der Waals surface area contributed by atoms with E-state index < -0.39 is 15.4 Å². The first-order valence-corrected chi connectivity index (χ1v) is 13.5. The number of rotatable bonds is 21. The van der Waals surface area contributed by atoms with Crippen molar-refractivity contribution < 1.29 is 69.5 Å². The van der Waals surface area contributed by atoms with Crippen LogP contribution in [0.3, 0.4) is 0 Å². The van der Waals surface area contributed by atoms with Gasteiger partial charge < -0.3 is 9.66 Å². The average Bonchev–Trinajstić information content (AvgIpc) is 2.64. The van der Waals surface area contributed by atoms with E-state index in [-0.39, 0.29) is 57.5 Å². The second-order valence-corrected chi connectivity index (χ2v) is 10.2. The maximum Gasteiger partial charge on any atom is 1.00 e. The summed E-state index contributed by atoms with van der Waals surface area (Å²) in [7, 11) is -4.16. The van der Waals surface area contributed by atoms with E-state index >= 15 is 0 Å². The van der Waals surface area contributed by atoms with Crippen molar-refractivity contribution in [2.24, 2.45) is 0 Å². The van der Waals surface area contributed by atoms with Crippen LogP contribution in [0.1, 0.15) is 136 Å². The summed E-state index contributed by atoms with van der Waals surface area (Å²) >= 11 is 0. The minimum Gasteiger partial charge on any atom is -0.748 e. The summed E-state index contributed by atoms with van der Waals surface area (Å²) in [6.45, 7) is 4.36. The Balaban J connectivity index is 0. The molecule has 0 rings (SSSR count). The van der Waals surface area contributed by atoms with Crippen molar-refractivity contribution in [3.05, 3.63) is 0 Å².